The fraction of sp³-hybridized carbons (Fsp3) is 0.409. The minimum atomic E-state index is -0.227. The smallest absolute Gasteiger partial charge is 0.272 e. The topological polar surface area (TPSA) is 71.5 Å². The molecule has 1 aromatic carbocycles. The highest BCUT2D eigenvalue weighted by atomic mass is 16.5. The number of carbonyl (C=O) groups is 2. The number of methoxy groups -OCH3 is 1. The zero-order valence-corrected chi connectivity index (χ0v) is 16.3. The molecule has 0 radical (unpaired) electrons. The molecule has 1 aliphatic rings. The van der Waals surface area contributed by atoms with Gasteiger partial charge in [0, 0.05) is 38.5 Å². The molecule has 6 heteroatoms. The molecule has 2 amide bonds. The second-order valence-electron chi connectivity index (χ2n) is 7.10. The van der Waals surface area contributed by atoms with Gasteiger partial charge in [-0.3, -0.25) is 14.6 Å². The van der Waals surface area contributed by atoms with E-state index in [2.05, 4.69) is 34.6 Å². The third-order valence-corrected chi connectivity index (χ3v) is 5.10. The van der Waals surface area contributed by atoms with Gasteiger partial charge in [0.1, 0.15) is 5.69 Å². The third kappa shape index (κ3) is 5.39. The first-order valence-electron chi connectivity index (χ1n) is 9.73. The first-order chi connectivity index (χ1) is 13.7. The van der Waals surface area contributed by atoms with Crippen LogP contribution in [0.1, 0.15) is 39.3 Å². The minimum absolute atomic E-state index is 0.107. The molecule has 0 aliphatic carbocycles. The summed E-state index contributed by atoms with van der Waals surface area (Å²) in [4.78, 5) is 31.0. The van der Waals surface area contributed by atoms with Crippen LogP contribution in [0.15, 0.2) is 48.7 Å². The second kappa shape index (κ2) is 9.99. The van der Waals surface area contributed by atoms with Crippen LogP contribution < -0.4 is 5.32 Å². The summed E-state index contributed by atoms with van der Waals surface area (Å²) in [6.45, 7) is 2.32. The van der Waals surface area contributed by atoms with E-state index in [1.165, 1.54) is 11.8 Å². The highest BCUT2D eigenvalue weighted by molar-refractivity contribution is 5.98. The SMILES string of the molecule is COCCNC(=O)c1ccnc(C(=O)N2CCC(Cc3ccccc3)CC2)c1. The van der Waals surface area contributed by atoms with E-state index in [0.29, 0.717) is 30.3 Å². The molecular weight excluding hydrogens is 354 g/mol. The van der Waals surface area contributed by atoms with E-state index in [4.69, 9.17) is 4.74 Å². The molecule has 28 heavy (non-hydrogen) atoms. The van der Waals surface area contributed by atoms with E-state index >= 15 is 0 Å². The van der Waals surface area contributed by atoms with Crippen LogP contribution in [0.5, 0.6) is 0 Å². The summed E-state index contributed by atoms with van der Waals surface area (Å²) in [7, 11) is 1.58. The molecule has 2 aromatic rings. The zero-order chi connectivity index (χ0) is 19.8. The van der Waals surface area contributed by atoms with Crippen molar-refractivity contribution in [3.8, 4) is 0 Å². The number of nitrogens with one attached hydrogen (secondary N) is 1. The van der Waals surface area contributed by atoms with Crippen LogP contribution in [0.2, 0.25) is 0 Å². The minimum Gasteiger partial charge on any atom is -0.383 e. The lowest BCUT2D eigenvalue weighted by Gasteiger charge is -2.32. The summed E-state index contributed by atoms with van der Waals surface area (Å²) in [5, 5.41) is 2.76. The van der Waals surface area contributed by atoms with Crippen molar-refractivity contribution >= 4 is 11.8 Å². The molecule has 0 unspecified atom stereocenters. The standard InChI is InChI=1S/C22H27N3O3/c1-28-14-11-24-21(26)19-7-10-23-20(16-19)22(27)25-12-8-18(9-13-25)15-17-5-3-2-4-6-17/h2-7,10,16,18H,8-9,11-15H2,1H3,(H,24,26). The van der Waals surface area contributed by atoms with Crippen molar-refractivity contribution in [3.63, 3.8) is 0 Å². The van der Waals surface area contributed by atoms with E-state index in [-0.39, 0.29) is 11.8 Å². The van der Waals surface area contributed by atoms with Gasteiger partial charge in [0.2, 0.25) is 0 Å². The van der Waals surface area contributed by atoms with Gasteiger partial charge in [0.25, 0.3) is 11.8 Å². The highest BCUT2D eigenvalue weighted by Crippen LogP contribution is 2.22. The molecule has 0 bridgehead atoms. The zero-order valence-electron chi connectivity index (χ0n) is 16.3. The summed E-state index contributed by atoms with van der Waals surface area (Å²) in [6, 6.07) is 13.7. The number of piperidine rings is 1. The number of nitrogens with zero attached hydrogens (tertiary/aromatic N) is 2. The maximum atomic E-state index is 12.8. The second-order valence-corrected chi connectivity index (χ2v) is 7.10. The monoisotopic (exact) mass is 381 g/mol. The van der Waals surface area contributed by atoms with Crippen molar-refractivity contribution in [3.05, 3.63) is 65.5 Å². The van der Waals surface area contributed by atoms with E-state index in [1.54, 1.807) is 19.2 Å². The Hall–Kier alpha value is -2.73. The first kappa shape index (κ1) is 20.0. The van der Waals surface area contributed by atoms with Gasteiger partial charge in [0.05, 0.1) is 6.61 Å². The fourth-order valence-electron chi connectivity index (χ4n) is 3.51. The average Bonchev–Trinajstić information content (AvgIpc) is 2.75. The van der Waals surface area contributed by atoms with E-state index in [0.717, 1.165) is 32.4 Å². The molecule has 0 spiro atoms. The van der Waals surface area contributed by atoms with Crippen LogP contribution in [0.3, 0.4) is 0 Å². The Kier molecular flexibility index (Phi) is 7.14. The van der Waals surface area contributed by atoms with Gasteiger partial charge in [-0.05, 0) is 42.9 Å². The normalized spacial score (nSPS) is 14.7. The predicted octanol–water partition coefficient (Wildman–Crippen LogP) is 2.55. The lowest BCUT2D eigenvalue weighted by molar-refractivity contribution is 0.0684. The maximum absolute atomic E-state index is 12.8. The van der Waals surface area contributed by atoms with Gasteiger partial charge < -0.3 is 15.0 Å². The molecule has 1 saturated heterocycles. The molecule has 1 fully saturated rings. The van der Waals surface area contributed by atoms with E-state index < -0.39 is 0 Å². The fourth-order valence-corrected chi connectivity index (χ4v) is 3.51. The van der Waals surface area contributed by atoms with Gasteiger partial charge >= 0.3 is 0 Å². The van der Waals surface area contributed by atoms with E-state index in [1.807, 2.05) is 11.0 Å². The summed E-state index contributed by atoms with van der Waals surface area (Å²) in [5.74, 6) is 0.261. The van der Waals surface area contributed by atoms with Crippen molar-refractivity contribution in [1.29, 1.82) is 0 Å². The quantitative estimate of drug-likeness (QED) is 0.748. The molecule has 1 aromatic heterocycles. The number of likely N-dealkylation sites (tertiary alicyclic amines) is 1. The van der Waals surface area contributed by atoms with Crippen molar-refractivity contribution in [1.82, 2.24) is 15.2 Å². The highest BCUT2D eigenvalue weighted by Gasteiger charge is 2.25. The summed E-state index contributed by atoms with van der Waals surface area (Å²) in [5.41, 5.74) is 2.11. The van der Waals surface area contributed by atoms with Gasteiger partial charge in [-0.2, -0.15) is 0 Å². The Morgan fingerprint density at radius 3 is 2.64 bits per heavy atom. The molecular formula is C22H27N3O3. The Balaban J connectivity index is 1.55. The van der Waals surface area contributed by atoms with Crippen LogP contribution in [-0.2, 0) is 11.2 Å². The number of ether oxygens (including phenoxy) is 1. The number of hydrogen-bond donors (Lipinski definition) is 1. The number of amides is 2. The van der Waals surface area contributed by atoms with Gasteiger partial charge in [0.15, 0.2) is 0 Å². The Morgan fingerprint density at radius 2 is 1.93 bits per heavy atom. The van der Waals surface area contributed by atoms with Crippen LogP contribution in [-0.4, -0.2) is 55.0 Å². The number of hydrogen-bond acceptors (Lipinski definition) is 4. The van der Waals surface area contributed by atoms with Gasteiger partial charge in [-0.15, -0.1) is 0 Å². The van der Waals surface area contributed by atoms with E-state index in [9.17, 15) is 9.59 Å². The average molecular weight is 381 g/mol. The molecule has 0 atom stereocenters. The number of aromatic nitrogens is 1. The predicted molar refractivity (Wildman–Crippen MR) is 107 cm³/mol. The van der Waals surface area contributed by atoms with Crippen LogP contribution in [0.4, 0.5) is 0 Å². The third-order valence-electron chi connectivity index (χ3n) is 5.10. The van der Waals surface area contributed by atoms with Gasteiger partial charge in [-0.1, -0.05) is 30.3 Å². The Morgan fingerprint density at radius 1 is 1.18 bits per heavy atom. The lowest BCUT2D eigenvalue weighted by atomic mass is 9.90. The lowest BCUT2D eigenvalue weighted by Crippen LogP contribution is -2.39. The number of benzene rings is 1. The summed E-state index contributed by atoms with van der Waals surface area (Å²) < 4.78 is 4.93. The molecule has 148 valence electrons. The van der Waals surface area contributed by atoms with Crippen molar-refractivity contribution in [2.75, 3.05) is 33.4 Å². The molecule has 2 heterocycles. The number of carbonyl (C=O) groups excluding carboxylic acids is 2. The van der Waals surface area contributed by atoms with Crippen LogP contribution in [0.25, 0.3) is 0 Å². The van der Waals surface area contributed by atoms with Crippen molar-refractivity contribution in [2.45, 2.75) is 19.3 Å². The van der Waals surface area contributed by atoms with Crippen molar-refractivity contribution in [2.24, 2.45) is 5.92 Å². The molecule has 6 nitrogen and oxygen atoms in total. The summed E-state index contributed by atoms with van der Waals surface area (Å²) in [6.07, 6.45) is 4.54. The maximum Gasteiger partial charge on any atom is 0.272 e. The van der Waals surface area contributed by atoms with Crippen LogP contribution >= 0.6 is 0 Å². The Labute approximate surface area is 165 Å². The molecule has 1 N–H and O–H groups in total. The van der Waals surface area contributed by atoms with Crippen LogP contribution in [0, 0.1) is 5.92 Å². The first-order valence-corrected chi connectivity index (χ1v) is 9.73. The summed E-state index contributed by atoms with van der Waals surface area (Å²) >= 11 is 0. The Bertz CT molecular complexity index is 787. The van der Waals surface area contributed by atoms with Gasteiger partial charge in [-0.25, -0.2) is 0 Å². The molecule has 1 aliphatic heterocycles. The molecule has 0 saturated carbocycles. The molecule has 3 rings (SSSR count). The number of pyridine rings is 1. The number of rotatable bonds is 7. The van der Waals surface area contributed by atoms with Crippen molar-refractivity contribution < 1.29 is 14.3 Å². The largest absolute Gasteiger partial charge is 0.383 e.